The van der Waals surface area contributed by atoms with Crippen LogP contribution in [0.2, 0.25) is 0 Å². The van der Waals surface area contributed by atoms with Crippen LogP contribution in [0.1, 0.15) is 5.56 Å². The van der Waals surface area contributed by atoms with Gasteiger partial charge >= 0.3 is 30.2 Å². The number of alkyl halides is 4. The summed E-state index contributed by atoms with van der Waals surface area (Å²) in [5, 5.41) is -4.39. The molecule has 0 amide bonds. The van der Waals surface area contributed by atoms with Crippen LogP contribution in [0.3, 0.4) is 0 Å². The number of halogens is 4. The molecule has 0 aliphatic heterocycles. The molecule has 0 saturated carbocycles. The van der Waals surface area contributed by atoms with Crippen LogP contribution in [0.25, 0.3) is 10.8 Å². The summed E-state index contributed by atoms with van der Waals surface area (Å²) < 4.78 is 86.4. The maximum atomic E-state index is 13.1. The van der Waals surface area contributed by atoms with Gasteiger partial charge in [-0.3, -0.25) is 0 Å². The van der Waals surface area contributed by atoms with Crippen LogP contribution in [0, 0.1) is 0 Å². The first-order chi connectivity index (χ1) is 10.0. The fraction of sp³-hybridized carbons (Fsp3) is 0.231. The molecule has 0 heterocycles. The standard InChI is InChI=1S/C13H10F4O4S.Li/c14-12(15,13(16,17)22(18,19)20)21-8-9-5-6-10-3-1-2-4-11(10)7-9;/h1-7H,8H2,(H,18,19,20);/q;+1/p-1. The number of ether oxygens (including phenoxy) is 1. The minimum Gasteiger partial charge on any atom is -0.743 e. The summed E-state index contributed by atoms with van der Waals surface area (Å²) in [7, 11) is -6.56. The Labute approximate surface area is 141 Å². The fourth-order valence-corrected chi connectivity index (χ4v) is 2.08. The summed E-state index contributed by atoms with van der Waals surface area (Å²) in [6.45, 7) is -0.983. The second-order valence-corrected chi connectivity index (χ2v) is 5.88. The summed E-state index contributed by atoms with van der Waals surface area (Å²) in [5.41, 5.74) is 0.123. The molecule has 4 nitrogen and oxygen atoms in total. The molecule has 0 saturated heterocycles. The summed E-state index contributed by atoms with van der Waals surface area (Å²) in [6.07, 6.45) is -5.43. The summed E-state index contributed by atoms with van der Waals surface area (Å²) >= 11 is 0. The predicted molar refractivity (Wildman–Crippen MR) is 68.3 cm³/mol. The molecule has 2 rings (SSSR count). The number of fused-ring (bicyclic) bond motifs is 1. The molecule has 2 aromatic rings. The zero-order valence-corrected chi connectivity index (χ0v) is 12.6. The topological polar surface area (TPSA) is 66.4 Å². The van der Waals surface area contributed by atoms with E-state index in [1.165, 1.54) is 12.1 Å². The third-order valence-electron chi connectivity index (χ3n) is 2.89. The normalized spacial score (nSPS) is 12.9. The smallest absolute Gasteiger partial charge is 0.743 e. The van der Waals surface area contributed by atoms with Gasteiger partial charge in [0.15, 0.2) is 10.1 Å². The second-order valence-electron chi connectivity index (χ2n) is 4.46. The summed E-state index contributed by atoms with van der Waals surface area (Å²) in [4.78, 5) is 0. The molecule has 0 radical (unpaired) electrons. The predicted octanol–water partition coefficient (Wildman–Crippen LogP) is 0.0912. The first-order valence-electron chi connectivity index (χ1n) is 5.87. The molecule has 0 aromatic heterocycles. The van der Waals surface area contributed by atoms with Gasteiger partial charge < -0.3 is 9.29 Å². The SMILES string of the molecule is O=S(=O)([O-])C(F)(F)C(F)(F)OCc1ccc2ccccc2c1.[Li+]. The zero-order chi connectivity index (χ0) is 16.6. The van der Waals surface area contributed by atoms with Crippen LogP contribution in [-0.2, 0) is 21.5 Å². The maximum absolute atomic E-state index is 13.1. The molecule has 0 atom stereocenters. The minimum atomic E-state index is -6.56. The Morgan fingerprint density at radius 2 is 1.57 bits per heavy atom. The first-order valence-corrected chi connectivity index (χ1v) is 7.28. The molecule has 10 heteroatoms. The van der Waals surface area contributed by atoms with Crippen LogP contribution in [-0.4, -0.2) is 24.3 Å². The summed E-state index contributed by atoms with van der Waals surface area (Å²) in [5.74, 6) is 0. The largest absolute Gasteiger partial charge is 1.00 e. The minimum absolute atomic E-state index is 0. The molecule has 120 valence electrons. The van der Waals surface area contributed by atoms with Crippen LogP contribution in [0.15, 0.2) is 42.5 Å². The molecule has 0 unspecified atom stereocenters. The van der Waals surface area contributed by atoms with Crippen molar-refractivity contribution in [2.75, 3.05) is 0 Å². The molecule has 2 aromatic carbocycles. The Balaban J connectivity index is 0.00000264. The monoisotopic (exact) mass is 344 g/mol. The molecule has 0 fully saturated rings. The van der Waals surface area contributed by atoms with Gasteiger partial charge in [-0.1, -0.05) is 36.4 Å². The Hall–Kier alpha value is -1.11. The quantitative estimate of drug-likeness (QED) is 0.438. The van der Waals surface area contributed by atoms with Gasteiger partial charge in [0.25, 0.3) is 0 Å². The van der Waals surface area contributed by atoms with Crippen LogP contribution >= 0.6 is 0 Å². The molecule has 0 aliphatic carbocycles. The van der Waals surface area contributed by atoms with Crippen molar-refractivity contribution in [1.29, 1.82) is 0 Å². The van der Waals surface area contributed by atoms with Crippen LogP contribution in [0.5, 0.6) is 0 Å². The maximum Gasteiger partial charge on any atom is 1.00 e. The van der Waals surface area contributed by atoms with E-state index in [0.29, 0.717) is 5.39 Å². The Kier molecular flexibility index (Phi) is 5.88. The number of benzene rings is 2. The van der Waals surface area contributed by atoms with E-state index in [-0.39, 0.29) is 24.4 Å². The molecule has 0 bridgehead atoms. The van der Waals surface area contributed by atoms with Crippen molar-refractivity contribution in [1.82, 2.24) is 0 Å². The van der Waals surface area contributed by atoms with Gasteiger partial charge in [-0.25, -0.2) is 8.42 Å². The third kappa shape index (κ3) is 4.05. The van der Waals surface area contributed by atoms with E-state index < -0.39 is 28.1 Å². The molecule has 0 spiro atoms. The van der Waals surface area contributed by atoms with Crippen molar-refractivity contribution < 1.29 is 54.1 Å². The Morgan fingerprint density at radius 3 is 2.13 bits per heavy atom. The third-order valence-corrected chi connectivity index (χ3v) is 3.75. The fourth-order valence-electron chi connectivity index (χ4n) is 1.73. The van der Waals surface area contributed by atoms with Gasteiger partial charge in [-0.05, 0) is 22.4 Å². The van der Waals surface area contributed by atoms with Gasteiger partial charge in [0.2, 0.25) is 0 Å². The average Bonchev–Trinajstić information content (AvgIpc) is 2.43. The molecule has 0 aliphatic rings. The van der Waals surface area contributed by atoms with Crippen molar-refractivity contribution in [2.24, 2.45) is 0 Å². The average molecular weight is 344 g/mol. The van der Waals surface area contributed by atoms with Crippen LogP contribution in [0.4, 0.5) is 17.6 Å². The Morgan fingerprint density at radius 1 is 1.00 bits per heavy atom. The summed E-state index contributed by atoms with van der Waals surface area (Å²) in [6, 6.07) is 11.2. The number of hydrogen-bond acceptors (Lipinski definition) is 4. The van der Waals surface area contributed by atoms with E-state index in [9.17, 15) is 30.5 Å². The molecular formula is C13H9F4LiO4S. The van der Waals surface area contributed by atoms with Crippen LogP contribution < -0.4 is 18.9 Å². The van der Waals surface area contributed by atoms with Crippen molar-refractivity contribution in [3.63, 3.8) is 0 Å². The first kappa shape index (κ1) is 19.9. The Bertz CT molecular complexity index is 795. The van der Waals surface area contributed by atoms with Crippen molar-refractivity contribution >= 4 is 20.9 Å². The molecular weight excluding hydrogens is 335 g/mol. The van der Waals surface area contributed by atoms with Gasteiger partial charge in [-0.15, -0.1) is 0 Å². The zero-order valence-electron chi connectivity index (χ0n) is 11.8. The van der Waals surface area contributed by atoms with Gasteiger partial charge in [0.05, 0.1) is 6.61 Å². The van der Waals surface area contributed by atoms with E-state index in [4.69, 9.17) is 0 Å². The van der Waals surface area contributed by atoms with Gasteiger partial charge in [-0.2, -0.15) is 17.6 Å². The number of hydrogen-bond donors (Lipinski definition) is 0. The van der Waals surface area contributed by atoms with Gasteiger partial charge in [0.1, 0.15) is 0 Å². The number of rotatable bonds is 5. The molecule has 0 N–H and O–H groups in total. The van der Waals surface area contributed by atoms with Crippen molar-refractivity contribution in [3.8, 4) is 0 Å². The van der Waals surface area contributed by atoms with E-state index in [2.05, 4.69) is 4.74 Å². The van der Waals surface area contributed by atoms with E-state index >= 15 is 0 Å². The van der Waals surface area contributed by atoms with E-state index in [1.54, 1.807) is 30.3 Å². The van der Waals surface area contributed by atoms with Crippen molar-refractivity contribution in [3.05, 3.63) is 48.0 Å². The van der Waals surface area contributed by atoms with E-state index in [1.807, 2.05) is 0 Å². The van der Waals surface area contributed by atoms with E-state index in [0.717, 1.165) is 5.39 Å². The second kappa shape index (κ2) is 6.79. The van der Waals surface area contributed by atoms with Crippen molar-refractivity contribution in [2.45, 2.75) is 18.0 Å². The molecule has 23 heavy (non-hydrogen) atoms. The van der Waals surface area contributed by atoms with Gasteiger partial charge in [0, 0.05) is 0 Å².